The maximum absolute atomic E-state index is 14.1. The van der Waals surface area contributed by atoms with Crippen LogP contribution in [0.5, 0.6) is 5.75 Å². The van der Waals surface area contributed by atoms with Crippen molar-refractivity contribution in [1.29, 1.82) is 0 Å². The monoisotopic (exact) mass is 382 g/mol. The maximum Gasteiger partial charge on any atom is 0.258 e. The highest BCUT2D eigenvalue weighted by molar-refractivity contribution is 6.05. The first-order chi connectivity index (χ1) is 13.5. The molecule has 0 fully saturated rings. The number of methoxy groups -OCH3 is 1. The van der Waals surface area contributed by atoms with Crippen molar-refractivity contribution in [3.8, 4) is 5.75 Å². The summed E-state index contributed by atoms with van der Waals surface area (Å²) in [6.45, 7) is 1.72. The number of hydrogen-bond donors (Lipinski definition) is 2. The van der Waals surface area contributed by atoms with Crippen LogP contribution in [0.2, 0.25) is 0 Å². The zero-order valence-corrected chi connectivity index (χ0v) is 15.3. The first-order valence-corrected chi connectivity index (χ1v) is 8.53. The molecular formula is C20H19FN4O3. The molecule has 2 aromatic carbocycles. The van der Waals surface area contributed by atoms with E-state index in [1.807, 2.05) is 0 Å². The Balaban J connectivity index is 1.69. The van der Waals surface area contributed by atoms with Crippen molar-refractivity contribution < 1.29 is 18.7 Å². The highest BCUT2D eigenvalue weighted by atomic mass is 19.1. The van der Waals surface area contributed by atoms with Gasteiger partial charge in [-0.3, -0.25) is 14.3 Å². The molecule has 1 atom stereocenters. The molecule has 0 aliphatic carbocycles. The van der Waals surface area contributed by atoms with Gasteiger partial charge in [0.2, 0.25) is 5.91 Å². The number of ether oxygens (including phenoxy) is 1. The maximum atomic E-state index is 14.1. The van der Waals surface area contributed by atoms with Gasteiger partial charge in [0.05, 0.1) is 12.7 Å². The summed E-state index contributed by atoms with van der Waals surface area (Å²) < 4.78 is 20.5. The largest absolute Gasteiger partial charge is 0.497 e. The lowest BCUT2D eigenvalue weighted by atomic mass is 10.1. The number of carbonyl (C=O) groups excluding carboxylic acids is 2. The highest BCUT2D eigenvalue weighted by Crippen LogP contribution is 2.20. The number of aromatic nitrogens is 2. The molecule has 0 aliphatic rings. The Bertz CT molecular complexity index is 989. The van der Waals surface area contributed by atoms with Crippen molar-refractivity contribution in [2.75, 3.05) is 17.7 Å². The van der Waals surface area contributed by atoms with E-state index >= 15 is 0 Å². The first kappa shape index (κ1) is 19.1. The van der Waals surface area contributed by atoms with Crippen LogP contribution in [0.4, 0.5) is 15.8 Å². The van der Waals surface area contributed by atoms with Crippen LogP contribution in [-0.4, -0.2) is 28.7 Å². The van der Waals surface area contributed by atoms with Gasteiger partial charge in [-0.25, -0.2) is 4.39 Å². The fourth-order valence-electron chi connectivity index (χ4n) is 2.56. The third-order valence-electron chi connectivity index (χ3n) is 4.11. The molecule has 1 heterocycles. The van der Waals surface area contributed by atoms with Crippen LogP contribution in [0.3, 0.4) is 0 Å². The van der Waals surface area contributed by atoms with E-state index in [4.69, 9.17) is 4.74 Å². The molecule has 144 valence electrons. The lowest BCUT2D eigenvalue weighted by Gasteiger charge is -2.13. The lowest BCUT2D eigenvalue weighted by Crippen LogP contribution is -2.24. The summed E-state index contributed by atoms with van der Waals surface area (Å²) in [6, 6.07) is 11.8. The Hall–Kier alpha value is -3.68. The second-order valence-electron chi connectivity index (χ2n) is 6.03. The predicted molar refractivity (Wildman–Crippen MR) is 103 cm³/mol. The van der Waals surface area contributed by atoms with Crippen molar-refractivity contribution in [3.05, 3.63) is 72.3 Å². The van der Waals surface area contributed by atoms with E-state index in [2.05, 4.69) is 15.7 Å². The molecule has 0 aliphatic heterocycles. The number of nitrogens with one attached hydrogen (secondary N) is 2. The van der Waals surface area contributed by atoms with Gasteiger partial charge in [0.25, 0.3) is 5.91 Å². The molecule has 1 aromatic heterocycles. The average Bonchev–Trinajstić information content (AvgIpc) is 3.22. The summed E-state index contributed by atoms with van der Waals surface area (Å²) >= 11 is 0. The van der Waals surface area contributed by atoms with Gasteiger partial charge in [-0.15, -0.1) is 0 Å². The highest BCUT2D eigenvalue weighted by Gasteiger charge is 2.16. The summed E-state index contributed by atoms with van der Waals surface area (Å²) in [5, 5.41) is 9.43. The van der Waals surface area contributed by atoms with E-state index in [-0.39, 0.29) is 11.5 Å². The second kappa shape index (κ2) is 8.34. The van der Waals surface area contributed by atoms with Gasteiger partial charge >= 0.3 is 0 Å². The van der Waals surface area contributed by atoms with Gasteiger partial charge in [-0.2, -0.15) is 5.10 Å². The zero-order chi connectivity index (χ0) is 20.1. The second-order valence-corrected chi connectivity index (χ2v) is 6.03. The number of rotatable bonds is 6. The van der Waals surface area contributed by atoms with Crippen LogP contribution in [0.25, 0.3) is 0 Å². The van der Waals surface area contributed by atoms with Crippen molar-refractivity contribution in [2.24, 2.45) is 0 Å². The van der Waals surface area contributed by atoms with E-state index < -0.39 is 17.8 Å². The number of hydrogen-bond acceptors (Lipinski definition) is 4. The Morgan fingerprint density at radius 3 is 2.50 bits per heavy atom. The minimum atomic E-state index is -0.686. The van der Waals surface area contributed by atoms with Crippen LogP contribution < -0.4 is 15.4 Å². The Kier molecular flexibility index (Phi) is 5.69. The molecule has 2 N–H and O–H groups in total. The molecule has 2 amide bonds. The summed E-state index contributed by atoms with van der Waals surface area (Å²) in [5.74, 6) is -1.22. The quantitative estimate of drug-likeness (QED) is 0.683. The van der Waals surface area contributed by atoms with Crippen LogP contribution in [0, 0.1) is 5.82 Å². The topological polar surface area (TPSA) is 85.3 Å². The summed E-state index contributed by atoms with van der Waals surface area (Å²) in [5.41, 5.74) is 0.810. The molecule has 0 saturated carbocycles. The molecule has 1 unspecified atom stereocenters. The SMILES string of the molecule is COc1ccc(C(=O)Nc2cccc(NC(=O)C(C)n3cccn3)c2)c(F)c1. The molecule has 3 rings (SSSR count). The normalized spacial score (nSPS) is 11.5. The van der Waals surface area contributed by atoms with Gasteiger partial charge in [-0.1, -0.05) is 6.07 Å². The minimum absolute atomic E-state index is 0.109. The number of nitrogens with zero attached hydrogens (tertiary/aromatic N) is 2. The Morgan fingerprint density at radius 1 is 1.11 bits per heavy atom. The smallest absolute Gasteiger partial charge is 0.258 e. The van der Waals surface area contributed by atoms with Gasteiger partial charge in [0.15, 0.2) is 0 Å². The van der Waals surface area contributed by atoms with E-state index in [1.54, 1.807) is 49.6 Å². The summed E-state index contributed by atoms with van der Waals surface area (Å²) in [4.78, 5) is 24.7. The number of halogens is 1. The molecule has 28 heavy (non-hydrogen) atoms. The molecule has 8 heteroatoms. The summed E-state index contributed by atoms with van der Waals surface area (Å²) in [6.07, 6.45) is 3.29. The van der Waals surface area contributed by atoms with E-state index in [9.17, 15) is 14.0 Å². The van der Waals surface area contributed by atoms with Crippen LogP contribution in [0.1, 0.15) is 23.3 Å². The molecule has 0 spiro atoms. The van der Waals surface area contributed by atoms with Crippen LogP contribution in [0.15, 0.2) is 60.9 Å². The van der Waals surface area contributed by atoms with E-state index in [1.165, 1.54) is 23.9 Å². The zero-order valence-electron chi connectivity index (χ0n) is 15.3. The number of benzene rings is 2. The van der Waals surface area contributed by atoms with Crippen molar-refractivity contribution >= 4 is 23.2 Å². The molecule has 3 aromatic rings. The molecule has 7 nitrogen and oxygen atoms in total. The van der Waals surface area contributed by atoms with Gasteiger partial charge in [0, 0.05) is 29.8 Å². The number of anilines is 2. The minimum Gasteiger partial charge on any atom is -0.497 e. The third-order valence-corrected chi connectivity index (χ3v) is 4.11. The molecule has 0 radical (unpaired) electrons. The fraction of sp³-hybridized carbons (Fsp3) is 0.150. The predicted octanol–water partition coefficient (Wildman–Crippen LogP) is 3.48. The van der Waals surface area contributed by atoms with Crippen molar-refractivity contribution in [2.45, 2.75) is 13.0 Å². The number of carbonyl (C=O) groups is 2. The van der Waals surface area contributed by atoms with Gasteiger partial charge in [0.1, 0.15) is 17.6 Å². The first-order valence-electron chi connectivity index (χ1n) is 8.53. The fourth-order valence-corrected chi connectivity index (χ4v) is 2.56. The van der Waals surface area contributed by atoms with Crippen molar-refractivity contribution in [1.82, 2.24) is 9.78 Å². The lowest BCUT2D eigenvalue weighted by molar-refractivity contribution is -0.119. The van der Waals surface area contributed by atoms with Crippen LogP contribution in [-0.2, 0) is 4.79 Å². The Morgan fingerprint density at radius 2 is 1.86 bits per heavy atom. The molecule has 0 bridgehead atoms. The van der Waals surface area contributed by atoms with Crippen LogP contribution >= 0.6 is 0 Å². The molecule has 0 saturated heterocycles. The third kappa shape index (κ3) is 4.35. The average molecular weight is 382 g/mol. The Labute approximate surface area is 161 Å². The van der Waals surface area contributed by atoms with E-state index in [0.29, 0.717) is 17.1 Å². The molecular weight excluding hydrogens is 363 g/mol. The van der Waals surface area contributed by atoms with Gasteiger partial charge < -0.3 is 15.4 Å². The number of amides is 2. The van der Waals surface area contributed by atoms with Gasteiger partial charge in [-0.05, 0) is 43.3 Å². The van der Waals surface area contributed by atoms with Crippen molar-refractivity contribution in [3.63, 3.8) is 0 Å². The van der Waals surface area contributed by atoms with E-state index in [0.717, 1.165) is 6.07 Å². The summed E-state index contributed by atoms with van der Waals surface area (Å²) in [7, 11) is 1.42. The standard InChI is InChI=1S/C20H19FN4O3/c1-13(25-10-4-9-22-25)19(26)23-14-5-3-6-15(11-14)24-20(27)17-8-7-16(28-2)12-18(17)21/h3-13H,1-2H3,(H,23,26)(H,24,27).